The zero-order valence-electron chi connectivity index (χ0n) is 13.0. The van der Waals surface area contributed by atoms with Gasteiger partial charge in [-0.1, -0.05) is 49.7 Å². The molecule has 0 aliphatic carbocycles. The number of nitrogens with zero attached hydrogens (tertiary/aromatic N) is 3. The SMILES string of the molecule is CCCCCCOc1ccccc1-c1nnc(N(C)N)s1.Cl. The van der Waals surface area contributed by atoms with Gasteiger partial charge in [-0.2, -0.15) is 0 Å². The summed E-state index contributed by atoms with van der Waals surface area (Å²) < 4.78 is 5.90. The summed E-state index contributed by atoms with van der Waals surface area (Å²) in [6.07, 6.45) is 4.78. The van der Waals surface area contributed by atoms with Crippen LogP contribution in [0.15, 0.2) is 24.3 Å². The Kier molecular flexibility index (Phi) is 8.16. The molecule has 1 heterocycles. The van der Waals surface area contributed by atoms with Crippen LogP contribution in [0.2, 0.25) is 0 Å². The Balaban J connectivity index is 0.00000242. The molecule has 0 bridgehead atoms. The van der Waals surface area contributed by atoms with E-state index in [9.17, 15) is 0 Å². The van der Waals surface area contributed by atoms with E-state index in [0.717, 1.165) is 29.3 Å². The molecule has 122 valence electrons. The minimum Gasteiger partial charge on any atom is -0.493 e. The van der Waals surface area contributed by atoms with Crippen molar-refractivity contribution in [2.24, 2.45) is 5.84 Å². The molecule has 0 radical (unpaired) electrons. The van der Waals surface area contributed by atoms with Crippen molar-refractivity contribution in [1.29, 1.82) is 0 Å². The van der Waals surface area contributed by atoms with Gasteiger partial charge in [0.25, 0.3) is 0 Å². The van der Waals surface area contributed by atoms with E-state index in [1.807, 2.05) is 24.3 Å². The van der Waals surface area contributed by atoms with Gasteiger partial charge >= 0.3 is 0 Å². The molecule has 2 rings (SSSR count). The molecule has 0 fully saturated rings. The molecule has 0 atom stereocenters. The fourth-order valence-corrected chi connectivity index (χ4v) is 2.71. The van der Waals surface area contributed by atoms with Gasteiger partial charge in [-0.05, 0) is 18.6 Å². The fourth-order valence-electron chi connectivity index (χ4n) is 1.95. The molecule has 0 spiro atoms. The number of unbranched alkanes of at least 4 members (excludes halogenated alkanes) is 3. The second kappa shape index (κ2) is 9.61. The summed E-state index contributed by atoms with van der Waals surface area (Å²) in [4.78, 5) is 0. The van der Waals surface area contributed by atoms with Crippen LogP contribution in [-0.2, 0) is 0 Å². The van der Waals surface area contributed by atoms with Gasteiger partial charge in [-0.3, -0.25) is 5.01 Å². The minimum atomic E-state index is 0. The quantitative estimate of drug-likeness (QED) is 0.448. The van der Waals surface area contributed by atoms with Crippen LogP contribution in [0, 0.1) is 0 Å². The summed E-state index contributed by atoms with van der Waals surface area (Å²) in [5, 5.41) is 11.2. The Morgan fingerprint density at radius 1 is 1.18 bits per heavy atom. The maximum atomic E-state index is 5.90. The van der Waals surface area contributed by atoms with Gasteiger partial charge in [-0.15, -0.1) is 22.6 Å². The molecule has 1 aromatic heterocycles. The highest BCUT2D eigenvalue weighted by atomic mass is 35.5. The Morgan fingerprint density at radius 3 is 2.64 bits per heavy atom. The summed E-state index contributed by atoms with van der Waals surface area (Å²) in [5.74, 6) is 6.54. The molecule has 1 aromatic carbocycles. The zero-order valence-corrected chi connectivity index (χ0v) is 14.6. The highest BCUT2D eigenvalue weighted by Crippen LogP contribution is 2.33. The number of para-hydroxylation sites is 1. The first-order chi connectivity index (χ1) is 10.2. The molecule has 2 N–H and O–H groups in total. The lowest BCUT2D eigenvalue weighted by atomic mass is 10.2. The number of benzene rings is 1. The van der Waals surface area contributed by atoms with Gasteiger partial charge < -0.3 is 4.74 Å². The highest BCUT2D eigenvalue weighted by Gasteiger charge is 2.12. The molecular formula is C15H23ClN4OS. The van der Waals surface area contributed by atoms with Gasteiger partial charge in [0, 0.05) is 7.05 Å². The first-order valence-electron chi connectivity index (χ1n) is 7.26. The third kappa shape index (κ3) is 5.12. The third-order valence-corrected chi connectivity index (χ3v) is 4.14. The van der Waals surface area contributed by atoms with Crippen LogP contribution in [0.25, 0.3) is 10.6 Å². The van der Waals surface area contributed by atoms with Crippen molar-refractivity contribution >= 4 is 28.9 Å². The molecule has 0 saturated carbocycles. The van der Waals surface area contributed by atoms with Crippen LogP contribution in [0.3, 0.4) is 0 Å². The number of hydrogen-bond acceptors (Lipinski definition) is 6. The molecule has 2 aromatic rings. The Labute approximate surface area is 141 Å². The molecule has 5 nitrogen and oxygen atoms in total. The molecule has 0 amide bonds. The van der Waals surface area contributed by atoms with Gasteiger partial charge in [0.05, 0.1) is 12.2 Å². The molecule has 0 saturated heterocycles. The number of ether oxygens (including phenoxy) is 1. The number of nitrogens with two attached hydrogens (primary N) is 1. The smallest absolute Gasteiger partial charge is 0.222 e. The van der Waals surface area contributed by atoms with E-state index in [1.165, 1.54) is 35.6 Å². The Hall–Kier alpha value is -1.37. The Morgan fingerprint density at radius 2 is 1.95 bits per heavy atom. The van der Waals surface area contributed by atoms with Gasteiger partial charge in [0.15, 0.2) is 5.01 Å². The third-order valence-electron chi connectivity index (χ3n) is 3.09. The average molecular weight is 343 g/mol. The van der Waals surface area contributed by atoms with Crippen molar-refractivity contribution in [3.8, 4) is 16.3 Å². The molecule has 22 heavy (non-hydrogen) atoms. The molecule has 0 aliphatic heterocycles. The maximum absolute atomic E-state index is 5.90. The van der Waals surface area contributed by atoms with Crippen molar-refractivity contribution in [2.45, 2.75) is 32.6 Å². The number of halogens is 1. The van der Waals surface area contributed by atoms with E-state index < -0.39 is 0 Å². The summed E-state index contributed by atoms with van der Waals surface area (Å²) in [7, 11) is 1.75. The summed E-state index contributed by atoms with van der Waals surface area (Å²) in [6, 6.07) is 7.93. The Bertz CT molecular complexity index is 562. The predicted molar refractivity (Wildman–Crippen MR) is 94.8 cm³/mol. The zero-order chi connectivity index (χ0) is 15.1. The van der Waals surface area contributed by atoms with Crippen molar-refractivity contribution in [3.05, 3.63) is 24.3 Å². The number of rotatable bonds is 8. The molecule has 7 heteroatoms. The topological polar surface area (TPSA) is 64.3 Å². The number of anilines is 1. The average Bonchev–Trinajstić information content (AvgIpc) is 2.97. The molecular weight excluding hydrogens is 320 g/mol. The number of hydrazine groups is 1. The van der Waals surface area contributed by atoms with Crippen LogP contribution >= 0.6 is 23.7 Å². The van der Waals surface area contributed by atoms with Gasteiger partial charge in [0.2, 0.25) is 5.13 Å². The van der Waals surface area contributed by atoms with E-state index >= 15 is 0 Å². The van der Waals surface area contributed by atoms with Crippen molar-refractivity contribution < 1.29 is 4.74 Å². The largest absolute Gasteiger partial charge is 0.493 e. The van der Waals surface area contributed by atoms with Crippen molar-refractivity contribution in [1.82, 2.24) is 10.2 Å². The lowest BCUT2D eigenvalue weighted by Crippen LogP contribution is -2.24. The standard InChI is InChI=1S/C15H22N4OS.ClH/c1-3-4-5-8-11-20-13-10-7-6-9-12(13)14-17-18-15(21-14)19(2)16;/h6-7,9-10H,3-5,8,11,16H2,1-2H3;1H. The molecule has 0 unspecified atom stereocenters. The van der Waals surface area contributed by atoms with E-state index in [0.29, 0.717) is 5.13 Å². The van der Waals surface area contributed by atoms with Crippen LogP contribution in [0.4, 0.5) is 5.13 Å². The van der Waals surface area contributed by atoms with Crippen molar-refractivity contribution in [3.63, 3.8) is 0 Å². The lowest BCUT2D eigenvalue weighted by molar-refractivity contribution is 0.306. The maximum Gasteiger partial charge on any atom is 0.222 e. The summed E-state index contributed by atoms with van der Waals surface area (Å²) in [6.45, 7) is 2.94. The second-order valence-electron chi connectivity index (χ2n) is 4.91. The lowest BCUT2D eigenvalue weighted by Gasteiger charge is -2.09. The normalized spacial score (nSPS) is 10.1. The van der Waals surface area contributed by atoms with Crippen LogP contribution < -0.4 is 15.6 Å². The highest BCUT2D eigenvalue weighted by molar-refractivity contribution is 7.18. The number of aromatic nitrogens is 2. The van der Waals surface area contributed by atoms with Gasteiger partial charge in [-0.25, -0.2) is 5.84 Å². The van der Waals surface area contributed by atoms with Crippen LogP contribution in [0.5, 0.6) is 5.75 Å². The number of hydrogen-bond donors (Lipinski definition) is 1. The van der Waals surface area contributed by atoms with E-state index in [-0.39, 0.29) is 12.4 Å². The molecule has 0 aliphatic rings. The van der Waals surface area contributed by atoms with Gasteiger partial charge in [0.1, 0.15) is 5.75 Å². The van der Waals surface area contributed by atoms with Crippen LogP contribution in [0.1, 0.15) is 32.6 Å². The van der Waals surface area contributed by atoms with Crippen LogP contribution in [-0.4, -0.2) is 23.9 Å². The predicted octanol–water partition coefficient (Wildman–Crippen LogP) is 3.90. The van der Waals surface area contributed by atoms with E-state index in [2.05, 4.69) is 17.1 Å². The monoisotopic (exact) mass is 342 g/mol. The van der Waals surface area contributed by atoms with E-state index in [1.54, 1.807) is 7.05 Å². The first kappa shape index (κ1) is 18.7. The van der Waals surface area contributed by atoms with Crippen molar-refractivity contribution in [2.75, 3.05) is 18.7 Å². The summed E-state index contributed by atoms with van der Waals surface area (Å²) in [5.41, 5.74) is 0.971. The second-order valence-corrected chi connectivity index (χ2v) is 5.86. The first-order valence-corrected chi connectivity index (χ1v) is 8.08. The van der Waals surface area contributed by atoms with E-state index in [4.69, 9.17) is 10.6 Å². The minimum absolute atomic E-state index is 0. The summed E-state index contributed by atoms with van der Waals surface area (Å²) >= 11 is 1.45. The fraction of sp³-hybridized carbons (Fsp3) is 0.467.